The summed E-state index contributed by atoms with van der Waals surface area (Å²) in [6.45, 7) is 1.89. The van der Waals surface area contributed by atoms with Crippen LogP contribution in [0.2, 0.25) is 0 Å². The third kappa shape index (κ3) is 3.09. The number of H-pyrrole nitrogens is 1. The zero-order valence-electron chi connectivity index (χ0n) is 18.3. The molecule has 1 N–H and O–H groups in total. The molecule has 0 fully saturated rings. The van der Waals surface area contributed by atoms with Crippen LogP contribution in [0.3, 0.4) is 0 Å². The fourth-order valence-electron chi connectivity index (χ4n) is 4.41. The molecule has 9 heteroatoms. The number of carbonyl (C=O) groups is 2. The smallest absolute Gasteiger partial charge is 0.304 e. The van der Waals surface area contributed by atoms with E-state index in [1.807, 2.05) is 19.1 Å². The maximum absolute atomic E-state index is 14.0. The largest absolute Gasteiger partial charge is 0.333 e. The number of aromatic amines is 1. The predicted octanol–water partition coefficient (Wildman–Crippen LogP) is 3.91. The van der Waals surface area contributed by atoms with E-state index in [0.717, 1.165) is 19.7 Å². The van der Waals surface area contributed by atoms with E-state index < -0.39 is 23.1 Å². The van der Waals surface area contributed by atoms with Crippen LogP contribution < -0.4 is 16.1 Å². The van der Waals surface area contributed by atoms with Crippen molar-refractivity contribution >= 4 is 39.6 Å². The lowest BCUT2D eigenvalue weighted by Crippen LogP contribution is -2.42. The van der Waals surface area contributed by atoms with Crippen LogP contribution in [0.25, 0.3) is 27.7 Å². The number of anilines is 1. The van der Waals surface area contributed by atoms with Crippen molar-refractivity contribution < 1.29 is 9.59 Å². The lowest BCUT2D eigenvalue weighted by Gasteiger charge is -2.19. The molecule has 0 aliphatic carbocycles. The number of amides is 2. The van der Waals surface area contributed by atoms with E-state index >= 15 is 0 Å². The third-order valence-corrected chi connectivity index (χ3v) is 6.86. The molecule has 3 aromatic heterocycles. The molecular weight excluding hydrogens is 464 g/mol. The lowest BCUT2D eigenvalue weighted by atomic mass is 10.1. The van der Waals surface area contributed by atoms with Gasteiger partial charge in [-0.15, -0.1) is 11.3 Å². The second-order valence-electron chi connectivity index (χ2n) is 8.11. The van der Waals surface area contributed by atoms with Gasteiger partial charge in [-0.2, -0.15) is 0 Å². The summed E-state index contributed by atoms with van der Waals surface area (Å²) in [5.41, 5.74) is -0.392. The number of aryl methyl sites for hydroxylation is 1. The molecule has 170 valence electrons. The van der Waals surface area contributed by atoms with Crippen LogP contribution in [0.4, 0.5) is 5.69 Å². The number of aromatic nitrogens is 3. The highest BCUT2D eigenvalue weighted by Crippen LogP contribution is 2.34. The maximum atomic E-state index is 14.0. The van der Waals surface area contributed by atoms with E-state index in [1.165, 1.54) is 17.5 Å². The Bertz CT molecular complexity index is 1770. The summed E-state index contributed by atoms with van der Waals surface area (Å²) in [5, 5.41) is 3.13. The SMILES string of the molecule is Cc1cc(-c2[nH]c(=O)n(-c3cncc4ccccc34)c(=O)c2N2C(=O)c3ccccc3C2=O)cs1. The van der Waals surface area contributed by atoms with Gasteiger partial charge in [0.05, 0.1) is 28.7 Å². The molecular formula is C26H16N4O4S. The summed E-state index contributed by atoms with van der Waals surface area (Å²) in [6, 6.07) is 15.4. The normalized spacial score (nSPS) is 13.0. The predicted molar refractivity (Wildman–Crippen MR) is 134 cm³/mol. The minimum atomic E-state index is -0.791. The highest BCUT2D eigenvalue weighted by Gasteiger charge is 2.40. The molecule has 35 heavy (non-hydrogen) atoms. The Labute approximate surface area is 201 Å². The molecule has 2 amide bonds. The van der Waals surface area contributed by atoms with Crippen molar-refractivity contribution in [2.24, 2.45) is 0 Å². The number of nitrogens with zero attached hydrogens (tertiary/aromatic N) is 3. The Kier molecular flexibility index (Phi) is 4.61. The molecule has 8 nitrogen and oxygen atoms in total. The summed E-state index contributed by atoms with van der Waals surface area (Å²) in [4.78, 5) is 62.8. The third-order valence-electron chi connectivity index (χ3n) is 6.00. The molecule has 0 unspecified atom stereocenters. The number of carbonyl (C=O) groups excluding carboxylic acids is 2. The number of hydrogen-bond acceptors (Lipinski definition) is 6. The van der Waals surface area contributed by atoms with E-state index in [-0.39, 0.29) is 28.2 Å². The van der Waals surface area contributed by atoms with Gasteiger partial charge in [-0.05, 0) is 25.1 Å². The van der Waals surface area contributed by atoms with Crippen molar-refractivity contribution in [1.82, 2.24) is 14.5 Å². The molecule has 0 radical (unpaired) electrons. The number of fused-ring (bicyclic) bond motifs is 2. The van der Waals surface area contributed by atoms with Crippen molar-refractivity contribution in [3.05, 3.63) is 109 Å². The van der Waals surface area contributed by atoms with Gasteiger partial charge >= 0.3 is 5.69 Å². The monoisotopic (exact) mass is 480 g/mol. The Morgan fingerprint density at radius 3 is 2.26 bits per heavy atom. The van der Waals surface area contributed by atoms with Gasteiger partial charge in [0, 0.05) is 32.8 Å². The van der Waals surface area contributed by atoms with E-state index in [0.29, 0.717) is 10.9 Å². The highest BCUT2D eigenvalue weighted by molar-refractivity contribution is 7.10. The van der Waals surface area contributed by atoms with Crippen molar-refractivity contribution in [3.8, 4) is 16.9 Å². The number of hydrogen-bond donors (Lipinski definition) is 1. The minimum Gasteiger partial charge on any atom is -0.304 e. The summed E-state index contributed by atoms with van der Waals surface area (Å²) in [7, 11) is 0. The lowest BCUT2D eigenvalue weighted by molar-refractivity contribution is 0.0925. The number of imide groups is 1. The molecule has 1 aliphatic heterocycles. The number of rotatable bonds is 3. The molecule has 4 heterocycles. The second kappa shape index (κ2) is 7.71. The van der Waals surface area contributed by atoms with Crippen LogP contribution >= 0.6 is 11.3 Å². The molecule has 6 rings (SSSR count). The topological polar surface area (TPSA) is 105 Å². The van der Waals surface area contributed by atoms with Crippen molar-refractivity contribution in [2.75, 3.05) is 4.90 Å². The van der Waals surface area contributed by atoms with Crippen molar-refractivity contribution in [1.29, 1.82) is 0 Å². The van der Waals surface area contributed by atoms with E-state index in [9.17, 15) is 19.2 Å². The van der Waals surface area contributed by atoms with Crippen LogP contribution in [-0.2, 0) is 0 Å². The first kappa shape index (κ1) is 20.9. The number of nitrogens with one attached hydrogen (secondary N) is 1. The highest BCUT2D eigenvalue weighted by atomic mass is 32.1. The maximum Gasteiger partial charge on any atom is 0.333 e. The van der Waals surface area contributed by atoms with Crippen molar-refractivity contribution in [2.45, 2.75) is 6.92 Å². The first-order valence-electron chi connectivity index (χ1n) is 10.7. The van der Waals surface area contributed by atoms with Gasteiger partial charge in [-0.3, -0.25) is 19.4 Å². The summed E-state index contributed by atoms with van der Waals surface area (Å²) < 4.78 is 0.928. The van der Waals surface area contributed by atoms with Crippen molar-refractivity contribution in [3.63, 3.8) is 0 Å². The summed E-state index contributed by atoms with van der Waals surface area (Å²) in [6.07, 6.45) is 3.05. The van der Waals surface area contributed by atoms with Gasteiger partial charge in [0.1, 0.15) is 5.69 Å². The first-order chi connectivity index (χ1) is 17.0. The first-order valence-corrected chi connectivity index (χ1v) is 11.6. The van der Waals surface area contributed by atoms with E-state index in [1.54, 1.807) is 54.0 Å². The zero-order valence-corrected chi connectivity index (χ0v) is 19.1. The molecule has 5 aromatic rings. The molecule has 1 aliphatic rings. The Balaban J connectivity index is 1.69. The van der Waals surface area contributed by atoms with Crippen LogP contribution in [0.1, 0.15) is 25.6 Å². The second-order valence-corrected chi connectivity index (χ2v) is 9.23. The van der Waals surface area contributed by atoms with Crippen LogP contribution in [0, 0.1) is 6.92 Å². The fourth-order valence-corrected chi connectivity index (χ4v) is 5.10. The van der Waals surface area contributed by atoms with Gasteiger partial charge in [0.25, 0.3) is 17.4 Å². The molecule has 0 spiro atoms. The molecule has 0 saturated heterocycles. The average Bonchev–Trinajstić information content (AvgIpc) is 3.40. The fraction of sp³-hybridized carbons (Fsp3) is 0.0385. The minimum absolute atomic E-state index is 0.114. The van der Waals surface area contributed by atoms with Crippen LogP contribution in [-0.4, -0.2) is 26.3 Å². The molecule has 0 bridgehead atoms. The Morgan fingerprint density at radius 1 is 0.886 bits per heavy atom. The standard InChI is InChI=1S/C26H16N4O4S/c1-14-10-16(13-35-14)21-22(30-23(31)18-8-4-5-9-19(18)24(30)32)25(33)29(26(34)28-21)20-12-27-11-15-6-2-3-7-17(15)20/h2-13H,1H3,(H,28,34). The molecule has 0 saturated carbocycles. The number of benzene rings is 2. The van der Waals surface area contributed by atoms with Crippen LogP contribution in [0.5, 0.6) is 0 Å². The van der Waals surface area contributed by atoms with E-state index in [4.69, 9.17) is 0 Å². The zero-order chi connectivity index (χ0) is 24.3. The average molecular weight is 481 g/mol. The van der Waals surface area contributed by atoms with Gasteiger partial charge in [0.15, 0.2) is 0 Å². The van der Waals surface area contributed by atoms with E-state index in [2.05, 4.69) is 9.97 Å². The number of thiophene rings is 1. The Morgan fingerprint density at radius 2 is 1.57 bits per heavy atom. The van der Waals surface area contributed by atoms with Crippen LogP contribution in [0.15, 0.2) is 82.0 Å². The van der Waals surface area contributed by atoms with Gasteiger partial charge in [-0.25, -0.2) is 14.3 Å². The van der Waals surface area contributed by atoms with Gasteiger partial charge in [-0.1, -0.05) is 36.4 Å². The number of pyridine rings is 1. The van der Waals surface area contributed by atoms with Gasteiger partial charge in [0.2, 0.25) is 0 Å². The molecule has 0 atom stereocenters. The molecule has 2 aromatic carbocycles. The summed E-state index contributed by atoms with van der Waals surface area (Å²) >= 11 is 1.42. The quantitative estimate of drug-likeness (QED) is 0.394. The Hall–Kier alpha value is -4.63. The summed E-state index contributed by atoms with van der Waals surface area (Å²) in [5.74, 6) is -1.24. The van der Waals surface area contributed by atoms with Gasteiger partial charge < -0.3 is 4.98 Å².